The maximum Gasteiger partial charge on any atom is 0.237 e. The summed E-state index contributed by atoms with van der Waals surface area (Å²) < 4.78 is 13.0. The van der Waals surface area contributed by atoms with Gasteiger partial charge in [-0.05, 0) is 36.6 Å². The van der Waals surface area contributed by atoms with E-state index in [1.807, 2.05) is 30.0 Å². The molecule has 2 aromatic carbocycles. The fourth-order valence-corrected chi connectivity index (χ4v) is 4.00. The number of rotatable bonds is 8. The van der Waals surface area contributed by atoms with E-state index < -0.39 is 0 Å². The van der Waals surface area contributed by atoms with Crippen LogP contribution < -0.4 is 5.32 Å². The van der Waals surface area contributed by atoms with Gasteiger partial charge in [0, 0.05) is 26.2 Å². The number of hydrogen-bond acceptors (Lipinski definition) is 3. The van der Waals surface area contributed by atoms with Crippen molar-refractivity contribution in [2.24, 2.45) is 0 Å². The first-order valence-corrected chi connectivity index (χ1v) is 11.1. The van der Waals surface area contributed by atoms with Gasteiger partial charge in [0.05, 0.1) is 18.5 Å². The summed E-state index contributed by atoms with van der Waals surface area (Å²) in [6.07, 6.45) is 2.16. The fourth-order valence-electron chi connectivity index (χ4n) is 4.00. The molecule has 6 heteroatoms. The predicted octanol–water partition coefficient (Wildman–Crippen LogP) is 3.56. The van der Waals surface area contributed by atoms with E-state index in [9.17, 15) is 14.0 Å². The van der Waals surface area contributed by atoms with Crippen LogP contribution in [0.3, 0.4) is 0 Å². The quantitative estimate of drug-likeness (QED) is 0.704. The number of benzene rings is 2. The molecule has 1 fully saturated rings. The van der Waals surface area contributed by atoms with E-state index in [4.69, 9.17) is 0 Å². The van der Waals surface area contributed by atoms with Crippen LogP contribution in [-0.2, 0) is 16.0 Å². The zero-order valence-corrected chi connectivity index (χ0v) is 18.4. The van der Waals surface area contributed by atoms with Crippen LogP contribution >= 0.6 is 0 Å². The average Bonchev–Trinajstić information content (AvgIpc) is 2.80. The van der Waals surface area contributed by atoms with E-state index in [-0.39, 0.29) is 36.1 Å². The second kappa shape index (κ2) is 11.0. The third-order valence-electron chi connectivity index (χ3n) is 5.96. The van der Waals surface area contributed by atoms with Gasteiger partial charge in [0.25, 0.3) is 0 Å². The first kappa shape index (κ1) is 22.9. The van der Waals surface area contributed by atoms with Crippen LogP contribution in [0, 0.1) is 5.82 Å². The predicted molar refractivity (Wildman–Crippen MR) is 120 cm³/mol. The van der Waals surface area contributed by atoms with E-state index in [1.54, 1.807) is 12.1 Å². The van der Waals surface area contributed by atoms with E-state index in [0.29, 0.717) is 26.2 Å². The van der Waals surface area contributed by atoms with E-state index >= 15 is 0 Å². The van der Waals surface area contributed by atoms with Crippen LogP contribution in [0.4, 0.5) is 4.39 Å². The number of hydrogen-bond donors (Lipinski definition) is 1. The Bertz CT molecular complexity index is 849. The first-order valence-electron chi connectivity index (χ1n) is 11.1. The number of carbonyl (C=O) groups excluding carboxylic acids is 2. The van der Waals surface area contributed by atoms with Crippen molar-refractivity contribution in [2.75, 3.05) is 26.2 Å². The molecule has 0 aliphatic carbocycles. The van der Waals surface area contributed by atoms with Crippen LogP contribution in [0.15, 0.2) is 54.6 Å². The minimum absolute atomic E-state index is 0.0136. The molecular weight excluding hydrogens is 393 g/mol. The third kappa shape index (κ3) is 6.37. The van der Waals surface area contributed by atoms with Gasteiger partial charge in [-0.2, -0.15) is 0 Å². The largest absolute Gasteiger partial charge is 0.348 e. The lowest BCUT2D eigenvalue weighted by atomic mass is 10.0. The Morgan fingerprint density at radius 1 is 1.00 bits per heavy atom. The number of nitrogens with one attached hydrogen (secondary N) is 1. The second-order valence-electron chi connectivity index (χ2n) is 8.16. The number of nitrogens with zero attached hydrogens (tertiary/aromatic N) is 2. The molecule has 1 saturated heterocycles. The van der Waals surface area contributed by atoms with Gasteiger partial charge in [-0.1, -0.05) is 55.8 Å². The third-order valence-corrected chi connectivity index (χ3v) is 5.96. The van der Waals surface area contributed by atoms with Crippen LogP contribution in [0.25, 0.3) is 0 Å². The van der Waals surface area contributed by atoms with Gasteiger partial charge in [0.1, 0.15) is 5.82 Å². The Kier molecular flexibility index (Phi) is 8.18. The van der Waals surface area contributed by atoms with Crippen molar-refractivity contribution in [3.05, 3.63) is 71.5 Å². The number of piperazine rings is 1. The van der Waals surface area contributed by atoms with Crippen LogP contribution in [0.5, 0.6) is 0 Å². The maximum absolute atomic E-state index is 13.0. The molecule has 1 aliphatic heterocycles. The Morgan fingerprint density at radius 3 is 2.26 bits per heavy atom. The molecule has 0 aromatic heterocycles. The van der Waals surface area contributed by atoms with Gasteiger partial charge in [0.2, 0.25) is 11.8 Å². The highest BCUT2D eigenvalue weighted by molar-refractivity contribution is 5.82. The normalized spacial score (nSPS) is 16.5. The first-order chi connectivity index (χ1) is 15.0. The molecular formula is C25H32FN3O2. The topological polar surface area (TPSA) is 52.7 Å². The van der Waals surface area contributed by atoms with E-state index in [2.05, 4.69) is 29.3 Å². The van der Waals surface area contributed by atoms with Gasteiger partial charge in [-0.15, -0.1) is 0 Å². The minimum atomic E-state index is -0.300. The lowest BCUT2D eigenvalue weighted by Gasteiger charge is -2.38. The summed E-state index contributed by atoms with van der Waals surface area (Å²) in [5, 5.41) is 3.21. The number of amides is 2. The summed E-state index contributed by atoms with van der Waals surface area (Å²) in [6.45, 7) is 6.55. The highest BCUT2D eigenvalue weighted by Gasteiger charge is 2.28. The number of halogens is 1. The van der Waals surface area contributed by atoms with Crippen LogP contribution in [-0.4, -0.2) is 53.8 Å². The Hall–Kier alpha value is -2.73. The van der Waals surface area contributed by atoms with Crippen molar-refractivity contribution in [2.45, 2.75) is 45.2 Å². The summed E-state index contributed by atoms with van der Waals surface area (Å²) >= 11 is 0. The summed E-state index contributed by atoms with van der Waals surface area (Å²) in [5.74, 6) is -0.241. The molecule has 2 amide bonds. The summed E-state index contributed by atoms with van der Waals surface area (Å²) in [5.41, 5.74) is 1.94. The SMILES string of the molecule is CCCC(NC(=O)C(C)N1CCN(C(=O)Cc2ccc(F)cc2)CC1)c1ccccc1. The molecule has 1 heterocycles. The van der Waals surface area contributed by atoms with Crippen molar-refractivity contribution in [1.29, 1.82) is 0 Å². The summed E-state index contributed by atoms with van der Waals surface area (Å²) in [6, 6.07) is 15.9. The second-order valence-corrected chi connectivity index (χ2v) is 8.16. The molecule has 2 aromatic rings. The Labute approximate surface area is 184 Å². The molecule has 31 heavy (non-hydrogen) atoms. The summed E-state index contributed by atoms with van der Waals surface area (Å²) in [7, 11) is 0. The zero-order valence-electron chi connectivity index (χ0n) is 18.4. The lowest BCUT2D eigenvalue weighted by Crippen LogP contribution is -2.55. The number of carbonyl (C=O) groups is 2. The lowest BCUT2D eigenvalue weighted by molar-refractivity contribution is -0.133. The van der Waals surface area contributed by atoms with Gasteiger partial charge in [-0.25, -0.2) is 4.39 Å². The van der Waals surface area contributed by atoms with Crippen molar-refractivity contribution in [3.8, 4) is 0 Å². The molecule has 166 valence electrons. The molecule has 0 spiro atoms. The van der Waals surface area contributed by atoms with Crippen LogP contribution in [0.1, 0.15) is 43.9 Å². The fraction of sp³-hybridized carbons (Fsp3) is 0.440. The Balaban J connectivity index is 1.50. The monoisotopic (exact) mass is 425 g/mol. The van der Waals surface area contributed by atoms with Gasteiger partial charge in [-0.3, -0.25) is 14.5 Å². The maximum atomic E-state index is 13.0. The van der Waals surface area contributed by atoms with Crippen molar-refractivity contribution in [3.63, 3.8) is 0 Å². The zero-order chi connectivity index (χ0) is 22.2. The summed E-state index contributed by atoms with van der Waals surface area (Å²) in [4.78, 5) is 29.5. The molecule has 1 aliphatic rings. The van der Waals surface area contributed by atoms with Gasteiger partial charge in [0.15, 0.2) is 0 Å². The molecule has 0 bridgehead atoms. The van der Waals surface area contributed by atoms with E-state index in [1.165, 1.54) is 12.1 Å². The molecule has 0 saturated carbocycles. The van der Waals surface area contributed by atoms with E-state index in [0.717, 1.165) is 24.0 Å². The minimum Gasteiger partial charge on any atom is -0.348 e. The molecule has 2 atom stereocenters. The molecule has 0 radical (unpaired) electrons. The molecule has 5 nitrogen and oxygen atoms in total. The van der Waals surface area contributed by atoms with Crippen molar-refractivity contribution < 1.29 is 14.0 Å². The molecule has 1 N–H and O–H groups in total. The van der Waals surface area contributed by atoms with Gasteiger partial charge >= 0.3 is 0 Å². The van der Waals surface area contributed by atoms with Crippen molar-refractivity contribution >= 4 is 11.8 Å². The molecule has 2 unspecified atom stereocenters. The van der Waals surface area contributed by atoms with Gasteiger partial charge < -0.3 is 10.2 Å². The standard InChI is InChI=1S/C25H32FN3O2/c1-3-7-23(21-8-5-4-6-9-21)27-25(31)19(2)28-14-16-29(17-15-28)24(30)18-20-10-12-22(26)13-11-20/h4-6,8-13,19,23H,3,7,14-18H2,1-2H3,(H,27,31). The smallest absolute Gasteiger partial charge is 0.237 e. The highest BCUT2D eigenvalue weighted by atomic mass is 19.1. The molecule has 3 rings (SSSR count). The van der Waals surface area contributed by atoms with Crippen LogP contribution in [0.2, 0.25) is 0 Å². The average molecular weight is 426 g/mol. The van der Waals surface area contributed by atoms with Crippen molar-refractivity contribution in [1.82, 2.24) is 15.1 Å². The highest BCUT2D eigenvalue weighted by Crippen LogP contribution is 2.19. The Morgan fingerprint density at radius 2 is 1.65 bits per heavy atom.